The molecule has 1 unspecified atom stereocenters. The summed E-state index contributed by atoms with van der Waals surface area (Å²) in [6.45, 7) is 10.6. The van der Waals surface area contributed by atoms with Gasteiger partial charge in [-0.05, 0) is 47.2 Å². The largest absolute Gasteiger partial charge is 0.375 e. The van der Waals surface area contributed by atoms with Crippen LogP contribution in [0.15, 0.2) is 0 Å². The van der Waals surface area contributed by atoms with E-state index in [1.807, 2.05) is 0 Å². The van der Waals surface area contributed by atoms with Gasteiger partial charge in [-0.25, -0.2) is 0 Å². The first-order valence-electron chi connectivity index (χ1n) is 6.11. The van der Waals surface area contributed by atoms with Crippen LogP contribution in [0, 0.1) is 0 Å². The Morgan fingerprint density at radius 1 is 1.47 bits per heavy atom. The van der Waals surface area contributed by atoms with Gasteiger partial charge in [-0.1, -0.05) is 0 Å². The maximum Gasteiger partial charge on any atom is 0.0752 e. The summed E-state index contributed by atoms with van der Waals surface area (Å²) in [5.41, 5.74) is -0.00954. The van der Waals surface area contributed by atoms with E-state index in [1.165, 1.54) is 19.4 Å². The third-order valence-corrected chi connectivity index (χ3v) is 3.05. The number of rotatable bonds is 5. The number of likely N-dealkylation sites (tertiary alicyclic amines) is 1. The van der Waals surface area contributed by atoms with Crippen LogP contribution in [-0.2, 0) is 4.74 Å². The van der Waals surface area contributed by atoms with Crippen LogP contribution in [0.2, 0.25) is 0 Å². The molecule has 3 heteroatoms. The number of nitrogens with zero attached hydrogens (tertiary/aromatic N) is 1. The van der Waals surface area contributed by atoms with Crippen molar-refractivity contribution in [3.63, 3.8) is 0 Å². The lowest BCUT2D eigenvalue weighted by Gasteiger charge is -2.37. The fourth-order valence-corrected chi connectivity index (χ4v) is 2.41. The first-order valence-corrected chi connectivity index (χ1v) is 6.11. The van der Waals surface area contributed by atoms with Crippen molar-refractivity contribution in [3.05, 3.63) is 0 Å². The average Bonchev–Trinajstić information content (AvgIpc) is 2.17. The Hall–Kier alpha value is -0.120. The maximum atomic E-state index is 5.74. The predicted molar refractivity (Wildman–Crippen MR) is 64.2 cm³/mol. The van der Waals surface area contributed by atoms with Gasteiger partial charge >= 0.3 is 0 Å². The lowest BCUT2D eigenvalue weighted by atomic mass is 10.0. The van der Waals surface area contributed by atoms with Gasteiger partial charge in [-0.3, -0.25) is 4.90 Å². The highest BCUT2D eigenvalue weighted by Gasteiger charge is 2.25. The summed E-state index contributed by atoms with van der Waals surface area (Å²) >= 11 is 0. The Kier molecular flexibility index (Phi) is 5.03. The van der Waals surface area contributed by atoms with Crippen molar-refractivity contribution in [2.45, 2.75) is 45.3 Å². The molecule has 1 fully saturated rings. The number of likely N-dealkylation sites (N-methyl/N-ethyl adjacent to an activating group) is 1. The van der Waals surface area contributed by atoms with Gasteiger partial charge in [0, 0.05) is 25.7 Å². The molecular formula is C12H26N2O. The zero-order chi connectivity index (χ0) is 11.3. The van der Waals surface area contributed by atoms with E-state index in [1.54, 1.807) is 0 Å². The lowest BCUT2D eigenvalue weighted by molar-refractivity contribution is -0.0388. The van der Waals surface area contributed by atoms with E-state index in [0.717, 1.165) is 19.7 Å². The topological polar surface area (TPSA) is 24.5 Å². The molecule has 1 saturated heterocycles. The molecule has 0 spiro atoms. The number of nitrogens with one attached hydrogen (secondary N) is 1. The molecule has 1 rings (SSSR count). The van der Waals surface area contributed by atoms with E-state index in [4.69, 9.17) is 4.74 Å². The normalized spacial score (nSPS) is 24.4. The number of hydrogen-bond donors (Lipinski definition) is 1. The molecule has 0 aromatic carbocycles. The summed E-state index contributed by atoms with van der Waals surface area (Å²) in [5, 5.41) is 3.37. The summed E-state index contributed by atoms with van der Waals surface area (Å²) in [6, 6.07) is 0.663. The monoisotopic (exact) mass is 214 g/mol. The molecule has 90 valence electrons. The first kappa shape index (κ1) is 12.9. The van der Waals surface area contributed by atoms with Gasteiger partial charge < -0.3 is 10.1 Å². The Morgan fingerprint density at radius 3 is 2.80 bits per heavy atom. The van der Waals surface area contributed by atoms with Gasteiger partial charge in [-0.2, -0.15) is 0 Å². The van der Waals surface area contributed by atoms with Crippen molar-refractivity contribution in [2.24, 2.45) is 0 Å². The minimum atomic E-state index is -0.00954. The van der Waals surface area contributed by atoms with Crippen molar-refractivity contribution < 1.29 is 4.74 Å². The lowest BCUT2D eigenvalue weighted by Crippen LogP contribution is -2.49. The van der Waals surface area contributed by atoms with Gasteiger partial charge in [0.25, 0.3) is 0 Å². The van der Waals surface area contributed by atoms with Crippen molar-refractivity contribution in [2.75, 3.05) is 33.3 Å². The summed E-state index contributed by atoms with van der Waals surface area (Å²) in [7, 11) is 2.06. The van der Waals surface area contributed by atoms with Crippen LogP contribution in [0.25, 0.3) is 0 Å². The molecule has 15 heavy (non-hydrogen) atoms. The molecule has 0 aromatic heterocycles. The van der Waals surface area contributed by atoms with Crippen molar-refractivity contribution in [1.29, 1.82) is 0 Å². The average molecular weight is 214 g/mol. The number of piperidine rings is 1. The minimum Gasteiger partial charge on any atom is -0.375 e. The Balaban J connectivity index is 2.36. The molecule has 1 aliphatic rings. The second-order valence-corrected chi connectivity index (χ2v) is 5.06. The highest BCUT2D eigenvalue weighted by atomic mass is 16.5. The van der Waals surface area contributed by atoms with Crippen LogP contribution >= 0.6 is 0 Å². The molecule has 0 aliphatic carbocycles. The molecular weight excluding hydrogens is 188 g/mol. The smallest absolute Gasteiger partial charge is 0.0752 e. The Labute approximate surface area is 94.2 Å². The minimum absolute atomic E-state index is 0.00954. The van der Waals surface area contributed by atoms with Gasteiger partial charge in [-0.15, -0.1) is 0 Å². The molecule has 0 bridgehead atoms. The fraction of sp³-hybridized carbons (Fsp3) is 1.00. The maximum absolute atomic E-state index is 5.74. The van der Waals surface area contributed by atoms with E-state index in [0.29, 0.717) is 6.04 Å². The molecule has 1 atom stereocenters. The highest BCUT2D eigenvalue weighted by Crippen LogP contribution is 2.16. The van der Waals surface area contributed by atoms with Crippen LogP contribution in [0.4, 0.5) is 0 Å². The molecule has 1 N–H and O–H groups in total. The summed E-state index contributed by atoms with van der Waals surface area (Å²) in [4.78, 5) is 2.51. The van der Waals surface area contributed by atoms with Crippen LogP contribution < -0.4 is 5.32 Å². The van der Waals surface area contributed by atoms with Crippen molar-refractivity contribution in [1.82, 2.24) is 10.2 Å². The molecule has 0 radical (unpaired) electrons. The highest BCUT2D eigenvalue weighted by molar-refractivity contribution is 4.82. The summed E-state index contributed by atoms with van der Waals surface area (Å²) < 4.78 is 5.74. The third kappa shape index (κ3) is 4.49. The molecule has 1 aliphatic heterocycles. The molecule has 1 heterocycles. The molecule has 0 aromatic rings. The standard InChI is InChI=1S/C12H26N2O/c1-5-15-12(2,3)10-14-8-6-7-11(9-14)13-4/h11,13H,5-10H2,1-4H3. The van der Waals surface area contributed by atoms with Crippen molar-refractivity contribution in [3.8, 4) is 0 Å². The van der Waals surface area contributed by atoms with Gasteiger partial charge in [0.1, 0.15) is 0 Å². The molecule has 3 nitrogen and oxygen atoms in total. The second-order valence-electron chi connectivity index (χ2n) is 5.06. The van der Waals surface area contributed by atoms with E-state index < -0.39 is 0 Å². The van der Waals surface area contributed by atoms with E-state index in [2.05, 4.69) is 38.0 Å². The second kappa shape index (κ2) is 5.83. The molecule has 0 amide bonds. The number of hydrogen-bond acceptors (Lipinski definition) is 3. The zero-order valence-electron chi connectivity index (χ0n) is 10.7. The summed E-state index contributed by atoms with van der Waals surface area (Å²) in [6.07, 6.45) is 2.61. The zero-order valence-corrected chi connectivity index (χ0v) is 10.7. The third-order valence-electron chi connectivity index (χ3n) is 3.05. The Bertz CT molecular complexity index is 182. The first-order chi connectivity index (χ1) is 7.07. The van der Waals surface area contributed by atoms with Crippen LogP contribution in [-0.4, -0.2) is 49.8 Å². The van der Waals surface area contributed by atoms with Crippen LogP contribution in [0.5, 0.6) is 0 Å². The van der Waals surface area contributed by atoms with Crippen LogP contribution in [0.3, 0.4) is 0 Å². The SMILES string of the molecule is CCOC(C)(C)CN1CCCC(NC)C1. The van der Waals surface area contributed by atoms with Gasteiger partial charge in [0.2, 0.25) is 0 Å². The van der Waals surface area contributed by atoms with E-state index in [-0.39, 0.29) is 5.60 Å². The fourth-order valence-electron chi connectivity index (χ4n) is 2.41. The quantitative estimate of drug-likeness (QED) is 0.750. The van der Waals surface area contributed by atoms with Crippen molar-refractivity contribution >= 4 is 0 Å². The van der Waals surface area contributed by atoms with Crippen LogP contribution in [0.1, 0.15) is 33.6 Å². The van der Waals surface area contributed by atoms with Gasteiger partial charge in [0.05, 0.1) is 5.60 Å². The Morgan fingerprint density at radius 2 is 2.20 bits per heavy atom. The van der Waals surface area contributed by atoms with Gasteiger partial charge in [0.15, 0.2) is 0 Å². The van der Waals surface area contributed by atoms with E-state index in [9.17, 15) is 0 Å². The predicted octanol–water partition coefficient (Wildman–Crippen LogP) is 1.49. The molecule has 0 saturated carbocycles. The van der Waals surface area contributed by atoms with E-state index >= 15 is 0 Å². The summed E-state index contributed by atoms with van der Waals surface area (Å²) in [5.74, 6) is 0. The number of ether oxygens (including phenoxy) is 1.